The number of alkyl halides is 1. The van der Waals surface area contributed by atoms with Gasteiger partial charge in [-0.1, -0.05) is 47.3 Å². The lowest BCUT2D eigenvalue weighted by Gasteiger charge is -2.28. The Morgan fingerprint density at radius 2 is 1.89 bits per heavy atom. The molecule has 1 N–H and O–H groups in total. The molecule has 19 heavy (non-hydrogen) atoms. The van der Waals surface area contributed by atoms with Gasteiger partial charge in [0.05, 0.1) is 0 Å². The van der Waals surface area contributed by atoms with Crippen molar-refractivity contribution in [3.8, 4) is 0 Å². The molecule has 1 aliphatic rings. The molecule has 104 valence electrons. The molecule has 1 fully saturated rings. The number of rotatable bonds is 4. The van der Waals surface area contributed by atoms with Crippen LogP contribution in [0.15, 0.2) is 24.3 Å². The Labute approximate surface area is 124 Å². The van der Waals surface area contributed by atoms with E-state index >= 15 is 0 Å². The lowest BCUT2D eigenvalue weighted by Crippen LogP contribution is -2.38. The molecule has 3 heteroatoms. The van der Waals surface area contributed by atoms with Crippen LogP contribution in [0.25, 0.3) is 0 Å². The molecule has 0 bridgehead atoms. The van der Waals surface area contributed by atoms with Crippen LogP contribution in [-0.4, -0.2) is 11.9 Å². The topological polar surface area (TPSA) is 29.1 Å². The minimum atomic E-state index is 0.0548. The first-order valence-corrected chi connectivity index (χ1v) is 8.28. The number of carbonyl (C=O) groups is 1. The number of hydrogen-bond donors (Lipinski definition) is 1. The van der Waals surface area contributed by atoms with E-state index in [1.165, 1.54) is 37.7 Å². The molecule has 0 spiro atoms. The van der Waals surface area contributed by atoms with Gasteiger partial charge in [-0.2, -0.15) is 0 Å². The highest BCUT2D eigenvalue weighted by atomic mass is 79.9. The Morgan fingerprint density at radius 1 is 1.26 bits per heavy atom. The summed E-state index contributed by atoms with van der Waals surface area (Å²) in [5.41, 5.74) is 1.95. The molecule has 1 amide bonds. The summed E-state index contributed by atoms with van der Waals surface area (Å²) in [6.07, 6.45) is 6.48. The van der Waals surface area contributed by atoms with Gasteiger partial charge >= 0.3 is 0 Å². The Balaban J connectivity index is 1.91. The molecular weight excluding hydrogens is 302 g/mol. The second-order valence-electron chi connectivity index (χ2n) is 5.49. The summed E-state index contributed by atoms with van der Waals surface area (Å²) in [6, 6.07) is 8.08. The second kappa shape index (κ2) is 7.09. The van der Waals surface area contributed by atoms with Crippen molar-refractivity contribution in [1.29, 1.82) is 0 Å². The SMILES string of the molecule is C[C@@H](NC(=O)c1ccc(CBr)cc1)C1CCCCC1. The molecule has 0 unspecified atom stereocenters. The van der Waals surface area contributed by atoms with Crippen molar-refractivity contribution in [1.82, 2.24) is 5.32 Å². The normalized spacial score (nSPS) is 18.0. The van der Waals surface area contributed by atoms with Crippen molar-refractivity contribution >= 4 is 21.8 Å². The average Bonchev–Trinajstić information content (AvgIpc) is 2.48. The first-order valence-electron chi connectivity index (χ1n) is 7.16. The van der Waals surface area contributed by atoms with E-state index in [4.69, 9.17) is 0 Å². The smallest absolute Gasteiger partial charge is 0.251 e. The summed E-state index contributed by atoms with van der Waals surface area (Å²) >= 11 is 3.41. The summed E-state index contributed by atoms with van der Waals surface area (Å²) < 4.78 is 0. The first-order chi connectivity index (χ1) is 9.20. The fraction of sp³-hybridized carbons (Fsp3) is 0.562. The van der Waals surface area contributed by atoms with E-state index in [9.17, 15) is 4.79 Å². The van der Waals surface area contributed by atoms with E-state index in [0.717, 1.165) is 10.9 Å². The van der Waals surface area contributed by atoms with E-state index in [1.807, 2.05) is 24.3 Å². The molecule has 0 heterocycles. The van der Waals surface area contributed by atoms with Gasteiger partial charge in [-0.25, -0.2) is 0 Å². The number of benzene rings is 1. The predicted molar refractivity (Wildman–Crippen MR) is 82.6 cm³/mol. The van der Waals surface area contributed by atoms with Crippen LogP contribution >= 0.6 is 15.9 Å². The third kappa shape index (κ3) is 4.07. The van der Waals surface area contributed by atoms with Crippen molar-refractivity contribution in [2.75, 3.05) is 0 Å². The van der Waals surface area contributed by atoms with E-state index in [-0.39, 0.29) is 11.9 Å². The Bertz CT molecular complexity index is 409. The fourth-order valence-electron chi connectivity index (χ4n) is 2.79. The van der Waals surface area contributed by atoms with Gasteiger partial charge in [-0.05, 0) is 43.4 Å². The highest BCUT2D eigenvalue weighted by molar-refractivity contribution is 9.08. The van der Waals surface area contributed by atoms with Crippen LogP contribution in [0.1, 0.15) is 54.9 Å². The van der Waals surface area contributed by atoms with Gasteiger partial charge in [-0.3, -0.25) is 4.79 Å². The number of halogens is 1. The summed E-state index contributed by atoms with van der Waals surface area (Å²) in [6.45, 7) is 2.14. The molecule has 2 nitrogen and oxygen atoms in total. The zero-order chi connectivity index (χ0) is 13.7. The Hall–Kier alpha value is -0.830. The largest absolute Gasteiger partial charge is 0.349 e. The lowest BCUT2D eigenvalue weighted by molar-refractivity contribution is 0.0919. The quantitative estimate of drug-likeness (QED) is 0.823. The van der Waals surface area contributed by atoms with Gasteiger partial charge in [0, 0.05) is 16.9 Å². The molecule has 0 aliphatic heterocycles. The molecule has 1 aromatic carbocycles. The van der Waals surface area contributed by atoms with Crippen molar-refractivity contribution in [3.63, 3.8) is 0 Å². The van der Waals surface area contributed by atoms with Crippen LogP contribution < -0.4 is 5.32 Å². The van der Waals surface area contributed by atoms with Gasteiger partial charge in [-0.15, -0.1) is 0 Å². The average molecular weight is 324 g/mol. The monoisotopic (exact) mass is 323 g/mol. The first kappa shape index (κ1) is 14.6. The van der Waals surface area contributed by atoms with Crippen LogP contribution in [0.3, 0.4) is 0 Å². The third-order valence-electron chi connectivity index (χ3n) is 4.09. The van der Waals surface area contributed by atoms with E-state index < -0.39 is 0 Å². The maximum absolute atomic E-state index is 12.2. The summed E-state index contributed by atoms with van der Waals surface area (Å²) in [5, 5.41) is 3.98. The molecule has 1 aliphatic carbocycles. The van der Waals surface area contributed by atoms with E-state index in [2.05, 4.69) is 28.2 Å². The second-order valence-corrected chi connectivity index (χ2v) is 6.05. The minimum absolute atomic E-state index is 0.0548. The van der Waals surface area contributed by atoms with Crippen LogP contribution in [0.4, 0.5) is 0 Å². The van der Waals surface area contributed by atoms with Crippen LogP contribution in [0, 0.1) is 5.92 Å². The summed E-state index contributed by atoms with van der Waals surface area (Å²) in [4.78, 5) is 12.2. The zero-order valence-electron chi connectivity index (χ0n) is 11.5. The Kier molecular flexibility index (Phi) is 5.44. The number of carbonyl (C=O) groups excluding carboxylic acids is 1. The van der Waals surface area contributed by atoms with E-state index in [1.54, 1.807) is 0 Å². The molecule has 1 saturated carbocycles. The number of hydrogen-bond acceptors (Lipinski definition) is 1. The molecule has 0 saturated heterocycles. The zero-order valence-corrected chi connectivity index (χ0v) is 13.1. The van der Waals surface area contributed by atoms with Gasteiger partial charge < -0.3 is 5.32 Å². The molecule has 1 aromatic rings. The maximum Gasteiger partial charge on any atom is 0.251 e. The van der Waals surface area contributed by atoms with Gasteiger partial charge in [0.2, 0.25) is 0 Å². The Morgan fingerprint density at radius 3 is 2.47 bits per heavy atom. The highest BCUT2D eigenvalue weighted by Crippen LogP contribution is 2.26. The maximum atomic E-state index is 12.2. The molecule has 2 rings (SSSR count). The molecule has 0 aromatic heterocycles. The molecule has 0 radical (unpaired) electrons. The van der Waals surface area contributed by atoms with Crippen molar-refractivity contribution in [2.24, 2.45) is 5.92 Å². The van der Waals surface area contributed by atoms with Crippen molar-refractivity contribution in [3.05, 3.63) is 35.4 Å². The minimum Gasteiger partial charge on any atom is -0.349 e. The number of nitrogens with one attached hydrogen (secondary N) is 1. The van der Waals surface area contributed by atoms with Crippen molar-refractivity contribution < 1.29 is 4.79 Å². The number of amides is 1. The van der Waals surface area contributed by atoms with Crippen LogP contribution in [0.2, 0.25) is 0 Å². The standard InChI is InChI=1S/C16H22BrNO/c1-12(14-5-3-2-4-6-14)18-16(19)15-9-7-13(11-17)8-10-15/h7-10,12,14H,2-6,11H2,1H3,(H,18,19)/t12-/m1/s1. The van der Waals surface area contributed by atoms with Crippen molar-refractivity contribution in [2.45, 2.75) is 50.4 Å². The molecule has 1 atom stereocenters. The summed E-state index contributed by atoms with van der Waals surface area (Å²) in [5.74, 6) is 0.707. The summed E-state index contributed by atoms with van der Waals surface area (Å²) in [7, 11) is 0. The van der Waals surface area contributed by atoms with Gasteiger partial charge in [0.15, 0.2) is 0 Å². The van der Waals surface area contributed by atoms with Crippen LogP contribution in [-0.2, 0) is 5.33 Å². The van der Waals surface area contributed by atoms with Gasteiger partial charge in [0.1, 0.15) is 0 Å². The van der Waals surface area contributed by atoms with Gasteiger partial charge in [0.25, 0.3) is 5.91 Å². The predicted octanol–water partition coefficient (Wildman–Crippen LogP) is 4.28. The van der Waals surface area contributed by atoms with Crippen LogP contribution in [0.5, 0.6) is 0 Å². The fourth-order valence-corrected chi connectivity index (χ4v) is 3.16. The third-order valence-corrected chi connectivity index (χ3v) is 4.73. The van der Waals surface area contributed by atoms with E-state index in [0.29, 0.717) is 5.92 Å². The highest BCUT2D eigenvalue weighted by Gasteiger charge is 2.21. The molecular formula is C16H22BrNO. The lowest BCUT2D eigenvalue weighted by atomic mass is 9.84.